The molecule has 11 heteroatoms. The van der Waals surface area contributed by atoms with Crippen molar-refractivity contribution in [1.29, 1.82) is 0 Å². The number of thiol groups is 2. The van der Waals surface area contributed by atoms with Gasteiger partial charge in [0.25, 0.3) is 5.92 Å². The Balaban J connectivity index is 2.02. The highest BCUT2D eigenvalue weighted by Gasteiger charge is 2.32. The number of hydrogen-bond acceptors (Lipinski definition) is 8. The lowest BCUT2D eigenvalue weighted by atomic mass is 10.0. The van der Waals surface area contributed by atoms with Gasteiger partial charge < -0.3 is 16.0 Å². The fourth-order valence-corrected chi connectivity index (χ4v) is 4.45. The zero-order valence-corrected chi connectivity index (χ0v) is 24.1. The molecule has 0 heterocycles. The van der Waals surface area contributed by atoms with Crippen molar-refractivity contribution in [1.82, 2.24) is 10.2 Å². The molecule has 2 rings (SSSR count). The summed E-state index contributed by atoms with van der Waals surface area (Å²) in [5.41, 5.74) is 6.59. The Kier molecular flexibility index (Phi) is 15.3. The lowest BCUT2D eigenvalue weighted by molar-refractivity contribution is 0.0280. The van der Waals surface area contributed by atoms with Crippen LogP contribution in [0, 0.1) is 5.82 Å². The summed E-state index contributed by atoms with van der Waals surface area (Å²) in [4.78, 5) is 7.63. The van der Waals surface area contributed by atoms with Crippen molar-refractivity contribution in [3.8, 4) is 0 Å². The van der Waals surface area contributed by atoms with Gasteiger partial charge in [-0.15, -0.1) is 0 Å². The van der Waals surface area contributed by atoms with Crippen LogP contribution in [0.25, 0.3) is 0 Å². The zero-order chi connectivity index (χ0) is 27.8. The maximum atomic E-state index is 15.0. The SMILES string of the molecule is NSc1ccc(N=C(/C=C(\N)C(F)(F)CCCCCN(CCS)CCNCCS)c2ccc(F)cc2)cc1. The molecule has 0 aliphatic carbocycles. The largest absolute Gasteiger partial charge is 0.397 e. The normalized spacial score (nSPS) is 12.9. The Morgan fingerprint density at radius 1 is 0.947 bits per heavy atom. The molecule has 5 N–H and O–H groups in total. The summed E-state index contributed by atoms with van der Waals surface area (Å²) < 4.78 is 43.4. The highest BCUT2D eigenvalue weighted by Crippen LogP contribution is 2.28. The minimum Gasteiger partial charge on any atom is -0.397 e. The molecule has 2 aromatic carbocycles. The average molecular weight is 586 g/mol. The van der Waals surface area contributed by atoms with Gasteiger partial charge in [-0.2, -0.15) is 34.0 Å². The molecule has 0 radical (unpaired) electrons. The number of rotatable bonds is 18. The molecule has 0 amide bonds. The molecule has 0 aliphatic heterocycles. The van der Waals surface area contributed by atoms with Gasteiger partial charge in [-0.25, -0.2) is 9.38 Å². The van der Waals surface area contributed by atoms with Crippen molar-refractivity contribution in [3.63, 3.8) is 0 Å². The van der Waals surface area contributed by atoms with E-state index >= 15 is 0 Å². The topological polar surface area (TPSA) is 79.7 Å². The van der Waals surface area contributed by atoms with Crippen molar-refractivity contribution >= 4 is 48.6 Å². The van der Waals surface area contributed by atoms with Crippen LogP contribution in [-0.2, 0) is 0 Å². The van der Waals surface area contributed by atoms with E-state index in [9.17, 15) is 13.2 Å². The Morgan fingerprint density at radius 2 is 1.66 bits per heavy atom. The van der Waals surface area contributed by atoms with Crippen LogP contribution in [0.5, 0.6) is 0 Å². The second kappa shape index (κ2) is 17.9. The first kappa shape index (κ1) is 32.6. The molecule has 5 nitrogen and oxygen atoms in total. The highest BCUT2D eigenvalue weighted by atomic mass is 32.2. The van der Waals surface area contributed by atoms with E-state index < -0.39 is 17.4 Å². The number of nitrogens with two attached hydrogens (primary N) is 2. The van der Waals surface area contributed by atoms with Crippen LogP contribution in [0.15, 0.2) is 70.2 Å². The fraction of sp³-hybridized carbons (Fsp3) is 0.444. The van der Waals surface area contributed by atoms with Crippen molar-refractivity contribution in [3.05, 3.63) is 71.7 Å². The van der Waals surface area contributed by atoms with Gasteiger partial charge in [0.2, 0.25) is 0 Å². The van der Waals surface area contributed by atoms with Gasteiger partial charge in [0.05, 0.1) is 17.1 Å². The Bertz CT molecular complexity index is 1000. The van der Waals surface area contributed by atoms with E-state index in [1.54, 1.807) is 24.3 Å². The number of hydrogen-bond donors (Lipinski definition) is 5. The monoisotopic (exact) mass is 585 g/mol. The van der Waals surface area contributed by atoms with Crippen LogP contribution in [0.4, 0.5) is 18.9 Å². The van der Waals surface area contributed by atoms with Crippen LogP contribution in [0.1, 0.15) is 31.2 Å². The molecular weight excluding hydrogens is 548 g/mol. The first-order valence-electron chi connectivity index (χ1n) is 12.6. The third-order valence-electron chi connectivity index (χ3n) is 5.85. The van der Waals surface area contributed by atoms with Crippen LogP contribution in [-0.4, -0.2) is 60.8 Å². The fourth-order valence-electron chi connectivity index (χ4n) is 3.71. The Labute approximate surface area is 239 Å². The predicted molar refractivity (Wildman–Crippen MR) is 162 cm³/mol. The Hall–Kier alpha value is -1.63. The standard InChI is InChI=1S/C27H38F3N5S3/c28-22-6-4-21(5-7-22)25(34-23-8-10-24(38-32)11-9-23)20-26(31)27(29,30)12-2-1-3-15-35(17-19-37)16-13-33-14-18-36/h4-11,20,33,36-37H,1-3,12-19,31-32H2/b26-20-,34-25?. The van der Waals surface area contributed by atoms with E-state index in [4.69, 9.17) is 10.9 Å². The molecule has 210 valence electrons. The average Bonchev–Trinajstić information content (AvgIpc) is 2.91. The van der Waals surface area contributed by atoms with E-state index in [0.29, 0.717) is 24.1 Å². The number of benzene rings is 2. The number of aliphatic imine (C=N–C) groups is 1. The van der Waals surface area contributed by atoms with E-state index in [-0.39, 0.29) is 12.1 Å². The van der Waals surface area contributed by atoms with E-state index in [1.807, 2.05) is 0 Å². The molecule has 2 aromatic rings. The molecule has 0 saturated carbocycles. The molecule has 0 aliphatic rings. The van der Waals surface area contributed by atoms with Gasteiger partial charge in [0.1, 0.15) is 5.82 Å². The van der Waals surface area contributed by atoms with Crippen LogP contribution in [0.2, 0.25) is 0 Å². The molecule has 0 fully saturated rings. The number of unbranched alkanes of at least 4 members (excludes halogenated alkanes) is 2. The first-order chi connectivity index (χ1) is 18.3. The summed E-state index contributed by atoms with van der Waals surface area (Å²) >= 11 is 9.60. The minimum absolute atomic E-state index is 0.226. The molecule has 0 unspecified atom stereocenters. The highest BCUT2D eigenvalue weighted by molar-refractivity contribution is 7.97. The van der Waals surface area contributed by atoms with Crippen molar-refractivity contribution in [2.45, 2.75) is 36.5 Å². The van der Waals surface area contributed by atoms with E-state index in [1.165, 1.54) is 30.3 Å². The summed E-state index contributed by atoms with van der Waals surface area (Å²) in [7, 11) is 0. The van der Waals surface area contributed by atoms with Gasteiger partial charge in [0, 0.05) is 54.6 Å². The number of nitrogens with zero attached hydrogens (tertiary/aromatic N) is 2. The summed E-state index contributed by atoms with van der Waals surface area (Å²) in [6.45, 7) is 4.30. The predicted octanol–water partition coefficient (Wildman–Crippen LogP) is 5.70. The smallest absolute Gasteiger partial charge is 0.287 e. The second-order valence-electron chi connectivity index (χ2n) is 8.77. The number of nitrogens with one attached hydrogen (secondary N) is 1. The van der Waals surface area contributed by atoms with Crippen molar-refractivity contribution < 1.29 is 13.2 Å². The third-order valence-corrected chi connectivity index (χ3v) is 6.82. The molecule has 0 spiro atoms. The van der Waals surface area contributed by atoms with Gasteiger partial charge >= 0.3 is 0 Å². The second-order valence-corrected chi connectivity index (χ2v) is 10.4. The van der Waals surface area contributed by atoms with Crippen LogP contribution < -0.4 is 16.2 Å². The molecule has 0 aromatic heterocycles. The molecule has 0 bridgehead atoms. The summed E-state index contributed by atoms with van der Waals surface area (Å²) in [6, 6.07) is 12.5. The lowest BCUT2D eigenvalue weighted by Crippen LogP contribution is -2.35. The Morgan fingerprint density at radius 3 is 2.29 bits per heavy atom. The summed E-state index contributed by atoms with van der Waals surface area (Å²) in [6.07, 6.45) is 2.66. The van der Waals surface area contributed by atoms with E-state index in [0.717, 1.165) is 67.5 Å². The van der Waals surface area contributed by atoms with Gasteiger partial charge in [-0.1, -0.05) is 6.42 Å². The summed E-state index contributed by atoms with van der Waals surface area (Å²) in [5.74, 6) is -2.08. The van der Waals surface area contributed by atoms with Crippen molar-refractivity contribution in [2.24, 2.45) is 15.9 Å². The summed E-state index contributed by atoms with van der Waals surface area (Å²) in [5, 5.41) is 8.87. The molecule has 0 atom stereocenters. The van der Waals surface area contributed by atoms with Gasteiger partial charge in [-0.3, -0.25) is 5.14 Å². The number of halogens is 3. The quantitative estimate of drug-likeness (QED) is 0.0671. The molecule has 38 heavy (non-hydrogen) atoms. The number of allylic oxidation sites excluding steroid dienone is 2. The molecular formula is C27H38F3N5S3. The third kappa shape index (κ3) is 12.0. The molecule has 0 saturated heterocycles. The van der Waals surface area contributed by atoms with Gasteiger partial charge in [0.15, 0.2) is 0 Å². The lowest BCUT2D eigenvalue weighted by Gasteiger charge is -2.22. The van der Waals surface area contributed by atoms with Crippen LogP contribution >= 0.6 is 37.2 Å². The van der Waals surface area contributed by atoms with Gasteiger partial charge in [-0.05, 0) is 85.9 Å². The number of alkyl halides is 2. The zero-order valence-electron chi connectivity index (χ0n) is 21.5. The maximum Gasteiger partial charge on any atom is 0.287 e. The minimum atomic E-state index is -3.19. The van der Waals surface area contributed by atoms with Crippen molar-refractivity contribution in [2.75, 3.05) is 44.2 Å². The van der Waals surface area contributed by atoms with Crippen LogP contribution in [0.3, 0.4) is 0 Å². The van der Waals surface area contributed by atoms with E-state index in [2.05, 4.69) is 40.5 Å². The first-order valence-corrected chi connectivity index (χ1v) is 14.7. The maximum absolute atomic E-state index is 15.0.